The van der Waals surface area contributed by atoms with E-state index in [1.807, 2.05) is 0 Å². The van der Waals surface area contributed by atoms with Crippen LogP contribution in [-0.4, -0.2) is 5.11 Å². The highest BCUT2D eigenvalue weighted by Crippen LogP contribution is 2.20. The van der Waals surface area contributed by atoms with Crippen molar-refractivity contribution in [3.05, 3.63) is 64.4 Å². The van der Waals surface area contributed by atoms with Crippen molar-refractivity contribution in [3.8, 4) is 5.75 Å². The second kappa shape index (κ2) is 6.04. The van der Waals surface area contributed by atoms with E-state index in [-0.39, 0.29) is 12.4 Å². The molecule has 0 saturated heterocycles. The van der Waals surface area contributed by atoms with Gasteiger partial charge in [-0.25, -0.2) is 4.39 Å². The van der Waals surface area contributed by atoms with E-state index in [0.29, 0.717) is 16.3 Å². The predicted octanol–water partition coefficient (Wildman–Crippen LogP) is 4.11. The molecule has 0 aromatic heterocycles. The van der Waals surface area contributed by atoms with Crippen LogP contribution in [0.1, 0.15) is 24.2 Å². The van der Waals surface area contributed by atoms with Gasteiger partial charge >= 0.3 is 0 Å². The van der Waals surface area contributed by atoms with Gasteiger partial charge in [0, 0.05) is 10.6 Å². The summed E-state index contributed by atoms with van der Waals surface area (Å²) in [6, 6.07) is 11.4. The molecule has 0 amide bonds. The van der Waals surface area contributed by atoms with Crippen molar-refractivity contribution in [1.82, 2.24) is 0 Å². The van der Waals surface area contributed by atoms with Crippen molar-refractivity contribution in [2.24, 2.45) is 0 Å². The highest BCUT2D eigenvalue weighted by molar-refractivity contribution is 6.30. The molecule has 0 bridgehead atoms. The molecule has 0 unspecified atom stereocenters. The summed E-state index contributed by atoms with van der Waals surface area (Å²) in [5, 5.41) is 9.86. The van der Waals surface area contributed by atoms with Crippen LogP contribution in [0.2, 0.25) is 5.02 Å². The maximum absolute atomic E-state index is 13.5. The first-order chi connectivity index (χ1) is 9.06. The van der Waals surface area contributed by atoms with E-state index in [1.165, 1.54) is 12.1 Å². The first kappa shape index (κ1) is 13.8. The van der Waals surface area contributed by atoms with E-state index in [2.05, 4.69) is 0 Å². The number of halogens is 2. The largest absolute Gasteiger partial charge is 0.489 e. The fourth-order valence-corrected chi connectivity index (χ4v) is 1.85. The van der Waals surface area contributed by atoms with Gasteiger partial charge in [-0.1, -0.05) is 23.7 Å². The second-order valence-electron chi connectivity index (χ2n) is 4.27. The lowest BCUT2D eigenvalue weighted by Crippen LogP contribution is -1.99. The molecule has 2 aromatic carbocycles. The number of hydrogen-bond donors (Lipinski definition) is 1. The fraction of sp³-hybridized carbons (Fsp3) is 0.200. The van der Waals surface area contributed by atoms with E-state index in [4.69, 9.17) is 16.3 Å². The second-order valence-corrected chi connectivity index (χ2v) is 4.71. The number of benzene rings is 2. The zero-order valence-corrected chi connectivity index (χ0v) is 11.2. The Morgan fingerprint density at radius 2 is 1.89 bits per heavy atom. The maximum atomic E-state index is 13.5. The summed E-state index contributed by atoms with van der Waals surface area (Å²) in [4.78, 5) is 0. The van der Waals surface area contributed by atoms with E-state index in [0.717, 1.165) is 5.56 Å². The molecule has 1 atom stereocenters. The maximum Gasteiger partial charge on any atom is 0.129 e. The zero-order chi connectivity index (χ0) is 13.8. The summed E-state index contributed by atoms with van der Waals surface area (Å²) in [6.45, 7) is 1.80. The van der Waals surface area contributed by atoms with Crippen molar-refractivity contribution in [1.29, 1.82) is 0 Å². The number of ether oxygens (including phenoxy) is 1. The van der Waals surface area contributed by atoms with Gasteiger partial charge in [0.2, 0.25) is 0 Å². The van der Waals surface area contributed by atoms with E-state index < -0.39 is 6.10 Å². The molecule has 0 aliphatic heterocycles. The van der Waals surface area contributed by atoms with Crippen LogP contribution in [0.15, 0.2) is 42.5 Å². The minimum Gasteiger partial charge on any atom is -0.489 e. The molecule has 0 saturated carbocycles. The first-order valence-electron chi connectivity index (χ1n) is 5.91. The van der Waals surface area contributed by atoms with Crippen LogP contribution >= 0.6 is 11.6 Å². The lowest BCUT2D eigenvalue weighted by atomic mass is 10.1. The summed E-state index contributed by atoms with van der Waals surface area (Å²) < 4.78 is 19.0. The van der Waals surface area contributed by atoms with Crippen molar-refractivity contribution in [2.75, 3.05) is 0 Å². The summed E-state index contributed by atoms with van der Waals surface area (Å²) >= 11 is 5.80. The number of hydrogen-bond acceptors (Lipinski definition) is 2. The van der Waals surface area contributed by atoms with Crippen molar-refractivity contribution in [3.63, 3.8) is 0 Å². The highest BCUT2D eigenvalue weighted by atomic mass is 35.5. The van der Waals surface area contributed by atoms with Gasteiger partial charge < -0.3 is 9.84 Å². The lowest BCUT2D eigenvalue weighted by molar-refractivity contribution is 0.199. The van der Waals surface area contributed by atoms with E-state index in [9.17, 15) is 9.50 Å². The fourth-order valence-electron chi connectivity index (χ4n) is 1.66. The van der Waals surface area contributed by atoms with Crippen LogP contribution in [0.25, 0.3) is 0 Å². The number of rotatable bonds is 4. The molecule has 100 valence electrons. The van der Waals surface area contributed by atoms with Crippen LogP contribution in [0.4, 0.5) is 4.39 Å². The highest BCUT2D eigenvalue weighted by Gasteiger charge is 2.05. The van der Waals surface area contributed by atoms with Gasteiger partial charge in [-0.05, 0) is 42.8 Å². The van der Waals surface area contributed by atoms with Gasteiger partial charge in [-0.2, -0.15) is 0 Å². The Balaban J connectivity index is 2.04. The summed E-state index contributed by atoms with van der Waals surface area (Å²) in [7, 11) is 0. The van der Waals surface area contributed by atoms with Crippen LogP contribution in [-0.2, 0) is 6.61 Å². The summed E-state index contributed by atoms with van der Waals surface area (Å²) in [6.07, 6.45) is -0.514. The Morgan fingerprint density at radius 3 is 2.53 bits per heavy atom. The van der Waals surface area contributed by atoms with Crippen molar-refractivity contribution in [2.45, 2.75) is 19.6 Å². The van der Waals surface area contributed by atoms with Crippen LogP contribution in [0.3, 0.4) is 0 Å². The van der Waals surface area contributed by atoms with E-state index >= 15 is 0 Å². The van der Waals surface area contributed by atoms with Gasteiger partial charge in [-0.3, -0.25) is 0 Å². The van der Waals surface area contributed by atoms with Gasteiger partial charge in [0.1, 0.15) is 18.2 Å². The van der Waals surface area contributed by atoms with Gasteiger partial charge in [-0.15, -0.1) is 0 Å². The molecule has 2 nitrogen and oxygen atoms in total. The zero-order valence-electron chi connectivity index (χ0n) is 10.4. The average molecular weight is 281 g/mol. The minimum absolute atomic E-state index is 0.112. The number of aliphatic hydroxyl groups excluding tert-OH is 1. The SMILES string of the molecule is C[C@@H](O)c1ccc(OCc2cc(Cl)ccc2F)cc1. The topological polar surface area (TPSA) is 29.5 Å². The molecule has 1 N–H and O–H groups in total. The summed E-state index contributed by atoms with van der Waals surface area (Å²) in [5.74, 6) is 0.272. The van der Waals surface area contributed by atoms with Gasteiger partial charge in [0.05, 0.1) is 6.10 Å². The van der Waals surface area contributed by atoms with Crippen molar-refractivity contribution >= 4 is 11.6 Å². The smallest absolute Gasteiger partial charge is 0.129 e. The molecule has 2 rings (SSSR count). The van der Waals surface area contributed by atoms with Crippen LogP contribution in [0.5, 0.6) is 5.75 Å². The Morgan fingerprint density at radius 1 is 1.21 bits per heavy atom. The molecule has 2 aromatic rings. The molecule has 0 fully saturated rings. The Bertz CT molecular complexity index is 553. The van der Waals surface area contributed by atoms with Crippen LogP contribution < -0.4 is 4.74 Å². The quantitative estimate of drug-likeness (QED) is 0.913. The standard InChI is InChI=1S/C15H14ClFO2/c1-10(18)11-2-5-14(6-3-11)19-9-12-8-13(16)4-7-15(12)17/h2-8,10,18H,9H2,1H3/t10-/m1/s1. The van der Waals surface area contributed by atoms with E-state index in [1.54, 1.807) is 37.3 Å². The first-order valence-corrected chi connectivity index (χ1v) is 6.29. The third-order valence-corrected chi connectivity index (χ3v) is 3.00. The molecule has 0 heterocycles. The lowest BCUT2D eigenvalue weighted by Gasteiger charge is -2.09. The Kier molecular flexibility index (Phi) is 4.40. The third-order valence-electron chi connectivity index (χ3n) is 2.76. The molecule has 4 heteroatoms. The van der Waals surface area contributed by atoms with Gasteiger partial charge in [0.25, 0.3) is 0 Å². The molecule has 0 aliphatic rings. The number of aliphatic hydroxyl groups is 1. The average Bonchev–Trinajstić information content (AvgIpc) is 2.40. The normalized spacial score (nSPS) is 12.2. The Labute approximate surface area is 116 Å². The molecule has 0 aliphatic carbocycles. The Hall–Kier alpha value is -1.58. The minimum atomic E-state index is -0.514. The monoisotopic (exact) mass is 280 g/mol. The molecular formula is C15H14ClFO2. The predicted molar refractivity (Wildman–Crippen MR) is 72.8 cm³/mol. The van der Waals surface area contributed by atoms with Crippen molar-refractivity contribution < 1.29 is 14.2 Å². The third kappa shape index (κ3) is 3.69. The molecule has 0 radical (unpaired) electrons. The summed E-state index contributed by atoms with van der Waals surface area (Å²) in [5.41, 5.74) is 1.22. The molecule has 19 heavy (non-hydrogen) atoms. The molecular weight excluding hydrogens is 267 g/mol. The molecule has 0 spiro atoms. The van der Waals surface area contributed by atoms with Crippen LogP contribution in [0, 0.1) is 5.82 Å². The van der Waals surface area contributed by atoms with Gasteiger partial charge in [0.15, 0.2) is 0 Å².